The topological polar surface area (TPSA) is 25.0 Å². The molecule has 0 saturated carbocycles. The number of aromatic amines is 1. The summed E-state index contributed by atoms with van der Waals surface area (Å²) >= 11 is 19.1. The third kappa shape index (κ3) is 2.89. The molecule has 1 aromatic carbocycles. The fourth-order valence-electron chi connectivity index (χ4n) is 1.56. The molecule has 1 heterocycles. The highest BCUT2D eigenvalue weighted by Gasteiger charge is 2.19. The lowest BCUT2D eigenvalue weighted by Crippen LogP contribution is -1.91. The van der Waals surface area contributed by atoms with E-state index >= 15 is 0 Å². The fourth-order valence-corrected chi connectivity index (χ4v) is 4.29. The molecular formula is C11H6Cl2I3NO. The quantitative estimate of drug-likeness (QED) is 0.422. The number of hydrogen-bond donors (Lipinski definition) is 1. The van der Waals surface area contributed by atoms with E-state index in [1.165, 1.54) is 3.57 Å². The zero-order valence-electron chi connectivity index (χ0n) is 8.95. The van der Waals surface area contributed by atoms with Crippen LogP contribution in [-0.4, -0.2) is 12.1 Å². The molecule has 1 N–H and O–H groups in total. The normalized spacial score (nSPS) is 10.8. The van der Waals surface area contributed by atoms with Crippen LogP contribution in [0.2, 0.25) is 10.0 Å². The van der Waals surface area contributed by atoms with Gasteiger partial charge >= 0.3 is 0 Å². The Morgan fingerprint density at radius 3 is 2.28 bits per heavy atom. The molecule has 0 fully saturated rings. The lowest BCUT2D eigenvalue weighted by molar-refractivity contribution is 0.416. The minimum absolute atomic E-state index is 0.510. The molecule has 0 radical (unpaired) electrons. The highest BCUT2D eigenvalue weighted by Crippen LogP contribution is 2.41. The maximum Gasteiger partial charge on any atom is 0.146 e. The second kappa shape index (κ2) is 6.23. The van der Waals surface area contributed by atoms with Crippen LogP contribution in [0.1, 0.15) is 0 Å². The molecule has 96 valence electrons. The van der Waals surface area contributed by atoms with Gasteiger partial charge in [-0.3, -0.25) is 0 Å². The van der Waals surface area contributed by atoms with E-state index in [1.54, 1.807) is 13.2 Å². The van der Waals surface area contributed by atoms with Gasteiger partial charge in [0.05, 0.1) is 28.7 Å². The predicted octanol–water partition coefficient (Wildman–Crippen LogP) is 5.81. The summed E-state index contributed by atoms with van der Waals surface area (Å²) in [5, 5.41) is 1.10. The van der Waals surface area contributed by atoms with Crippen LogP contribution in [0, 0.1) is 10.8 Å². The van der Waals surface area contributed by atoms with E-state index in [9.17, 15) is 0 Å². The summed E-state index contributed by atoms with van der Waals surface area (Å²) in [5.41, 5.74) is 1.85. The smallest absolute Gasteiger partial charge is 0.146 e. The van der Waals surface area contributed by atoms with Crippen molar-refractivity contribution in [2.75, 3.05) is 7.11 Å². The zero-order chi connectivity index (χ0) is 13.4. The van der Waals surface area contributed by atoms with E-state index in [0.29, 0.717) is 15.8 Å². The van der Waals surface area contributed by atoms with Crippen molar-refractivity contribution in [2.24, 2.45) is 0 Å². The Bertz CT molecular complexity index is 613. The van der Waals surface area contributed by atoms with Crippen molar-refractivity contribution in [1.29, 1.82) is 0 Å². The maximum atomic E-state index is 6.15. The summed E-state index contributed by atoms with van der Waals surface area (Å²) in [5.74, 6) is 0.632. The first-order valence-corrected chi connectivity index (χ1v) is 8.70. The van der Waals surface area contributed by atoms with Gasteiger partial charge in [-0.05, 0) is 79.9 Å². The van der Waals surface area contributed by atoms with E-state index in [1.807, 2.05) is 6.07 Å². The van der Waals surface area contributed by atoms with Gasteiger partial charge in [0.25, 0.3) is 0 Å². The molecular weight excluding hydrogens is 614 g/mol. The molecule has 0 amide bonds. The third-order valence-electron chi connectivity index (χ3n) is 2.32. The first-order chi connectivity index (χ1) is 8.45. The standard InChI is InChI=1S/C11H6Cl2I3NO/c1-18-10-5(2-4(12)3-6(10)13)9-7(14)8(15)11(16)17-9/h2-3,17H,1H3. The highest BCUT2D eigenvalue weighted by atomic mass is 127. The van der Waals surface area contributed by atoms with Crippen molar-refractivity contribution in [3.63, 3.8) is 0 Å². The van der Waals surface area contributed by atoms with Crippen molar-refractivity contribution in [1.82, 2.24) is 4.98 Å². The molecule has 0 aliphatic rings. The van der Waals surface area contributed by atoms with Gasteiger partial charge < -0.3 is 9.72 Å². The van der Waals surface area contributed by atoms with E-state index < -0.39 is 0 Å². The molecule has 2 nitrogen and oxygen atoms in total. The summed E-state index contributed by atoms with van der Waals surface area (Å²) in [6.45, 7) is 0. The average molecular weight is 620 g/mol. The van der Waals surface area contributed by atoms with Gasteiger partial charge in [-0.25, -0.2) is 0 Å². The van der Waals surface area contributed by atoms with E-state index in [4.69, 9.17) is 27.9 Å². The number of benzene rings is 1. The van der Waals surface area contributed by atoms with Gasteiger partial charge in [-0.2, -0.15) is 0 Å². The van der Waals surface area contributed by atoms with Crippen LogP contribution < -0.4 is 4.74 Å². The number of nitrogens with one attached hydrogen (secondary N) is 1. The van der Waals surface area contributed by atoms with Crippen LogP contribution in [-0.2, 0) is 0 Å². The number of hydrogen-bond acceptors (Lipinski definition) is 1. The summed E-state index contributed by atoms with van der Waals surface area (Å²) < 4.78 is 8.78. The Labute approximate surface area is 156 Å². The van der Waals surface area contributed by atoms with Crippen molar-refractivity contribution in [2.45, 2.75) is 0 Å². The molecule has 0 bridgehead atoms. The molecule has 2 rings (SSSR count). The summed E-state index contributed by atoms with van der Waals surface area (Å²) in [6.07, 6.45) is 0. The lowest BCUT2D eigenvalue weighted by Gasteiger charge is -2.10. The van der Waals surface area contributed by atoms with Gasteiger partial charge in [0, 0.05) is 10.6 Å². The number of aromatic nitrogens is 1. The van der Waals surface area contributed by atoms with E-state index in [2.05, 4.69) is 72.8 Å². The largest absolute Gasteiger partial charge is 0.494 e. The Hall–Kier alpha value is 1.07. The molecule has 0 unspecified atom stereocenters. The molecule has 7 heteroatoms. The molecule has 0 saturated heterocycles. The molecule has 0 aliphatic heterocycles. The second-order valence-electron chi connectivity index (χ2n) is 3.41. The number of ether oxygens (including phenoxy) is 1. The number of H-pyrrole nitrogens is 1. The first kappa shape index (κ1) is 15.5. The summed E-state index contributed by atoms with van der Waals surface area (Å²) in [4.78, 5) is 3.33. The van der Waals surface area contributed by atoms with Gasteiger partial charge in [-0.15, -0.1) is 0 Å². The van der Waals surface area contributed by atoms with Crippen molar-refractivity contribution < 1.29 is 4.74 Å². The van der Waals surface area contributed by atoms with Crippen LogP contribution in [0.25, 0.3) is 11.3 Å². The number of methoxy groups -OCH3 is 1. The van der Waals surface area contributed by atoms with Gasteiger partial charge in [0.1, 0.15) is 5.75 Å². The summed E-state index contributed by atoms with van der Waals surface area (Å²) in [7, 11) is 1.60. The Kier molecular flexibility index (Phi) is 5.35. The minimum Gasteiger partial charge on any atom is -0.494 e. The minimum atomic E-state index is 0.510. The monoisotopic (exact) mass is 619 g/mol. The zero-order valence-corrected chi connectivity index (χ0v) is 16.9. The Morgan fingerprint density at radius 2 is 1.78 bits per heavy atom. The van der Waals surface area contributed by atoms with Crippen LogP contribution in [0.5, 0.6) is 5.75 Å². The van der Waals surface area contributed by atoms with Crippen molar-refractivity contribution in [3.8, 4) is 17.0 Å². The highest BCUT2D eigenvalue weighted by molar-refractivity contribution is 14.1. The average Bonchev–Trinajstić information content (AvgIpc) is 2.56. The second-order valence-corrected chi connectivity index (χ2v) is 7.49. The molecule has 0 aliphatic carbocycles. The molecule has 1 aromatic heterocycles. The van der Waals surface area contributed by atoms with Crippen LogP contribution in [0.4, 0.5) is 0 Å². The number of halogens is 5. The van der Waals surface area contributed by atoms with Crippen LogP contribution in [0.15, 0.2) is 12.1 Å². The van der Waals surface area contributed by atoms with Gasteiger partial charge in [0.2, 0.25) is 0 Å². The fraction of sp³-hybridized carbons (Fsp3) is 0.0909. The molecule has 2 aromatic rings. The lowest BCUT2D eigenvalue weighted by atomic mass is 10.1. The van der Waals surface area contributed by atoms with E-state index in [-0.39, 0.29) is 0 Å². The summed E-state index contributed by atoms with van der Waals surface area (Å²) in [6, 6.07) is 3.53. The maximum absolute atomic E-state index is 6.15. The van der Waals surface area contributed by atoms with Gasteiger partial charge in [0.15, 0.2) is 0 Å². The Balaban J connectivity index is 2.73. The van der Waals surface area contributed by atoms with Crippen LogP contribution in [0.3, 0.4) is 0 Å². The van der Waals surface area contributed by atoms with Crippen molar-refractivity contribution in [3.05, 3.63) is 33.0 Å². The Morgan fingerprint density at radius 1 is 1.11 bits per heavy atom. The third-order valence-corrected chi connectivity index (χ3v) is 7.85. The van der Waals surface area contributed by atoms with E-state index in [0.717, 1.165) is 18.5 Å². The predicted molar refractivity (Wildman–Crippen MR) is 101 cm³/mol. The van der Waals surface area contributed by atoms with Gasteiger partial charge in [-0.1, -0.05) is 23.2 Å². The first-order valence-electron chi connectivity index (χ1n) is 4.71. The molecule has 0 spiro atoms. The molecule has 0 atom stereocenters. The molecule has 18 heavy (non-hydrogen) atoms. The van der Waals surface area contributed by atoms with Crippen LogP contribution >= 0.6 is 91.0 Å². The van der Waals surface area contributed by atoms with Crippen molar-refractivity contribution >= 4 is 91.0 Å². The number of rotatable bonds is 2. The SMILES string of the molecule is COc1c(Cl)cc(Cl)cc1-c1[nH]c(I)c(I)c1I.